The van der Waals surface area contributed by atoms with Crippen molar-refractivity contribution in [1.82, 2.24) is 19.2 Å². The Labute approximate surface area is 178 Å². The number of nitrogens with two attached hydrogens (primary N) is 1. The Kier molecular flexibility index (Phi) is 5.28. The Balaban J connectivity index is 1.74. The van der Waals surface area contributed by atoms with Crippen LogP contribution in [-0.4, -0.2) is 49.1 Å². The Morgan fingerprint density at radius 1 is 1.16 bits per heavy atom. The summed E-state index contributed by atoms with van der Waals surface area (Å²) in [5.41, 5.74) is 7.42. The second kappa shape index (κ2) is 8.05. The molecule has 0 aliphatic carbocycles. The fourth-order valence-corrected chi connectivity index (χ4v) is 3.85. The standard InChI is InChI=1S/C21H22N6O4/c1-24-9-3-6-18(24)17-13-19(21(29)25-10-7-14(8-11-25)20(22)28)26(23-17)15-4-2-5-16(12-15)27(30)31/h2-6,9,12-14H,7-8,10-11H2,1H3,(H2,22,28). The van der Waals surface area contributed by atoms with Crippen LogP contribution in [0.2, 0.25) is 0 Å². The summed E-state index contributed by atoms with van der Waals surface area (Å²) in [6, 6.07) is 11.5. The maximum atomic E-state index is 13.4. The lowest BCUT2D eigenvalue weighted by Crippen LogP contribution is -2.42. The van der Waals surface area contributed by atoms with E-state index in [-0.39, 0.29) is 23.4 Å². The zero-order chi connectivity index (χ0) is 22.1. The van der Waals surface area contributed by atoms with E-state index < -0.39 is 4.92 Å². The third kappa shape index (κ3) is 3.91. The number of hydrogen-bond donors (Lipinski definition) is 1. The number of rotatable bonds is 5. The highest BCUT2D eigenvalue weighted by Crippen LogP contribution is 2.26. The van der Waals surface area contributed by atoms with Gasteiger partial charge in [-0.15, -0.1) is 0 Å². The van der Waals surface area contributed by atoms with Crippen molar-refractivity contribution in [3.8, 4) is 17.1 Å². The number of nitro benzene ring substituents is 1. The summed E-state index contributed by atoms with van der Waals surface area (Å²) >= 11 is 0. The van der Waals surface area contributed by atoms with Gasteiger partial charge in [0.2, 0.25) is 5.91 Å². The molecule has 1 aromatic carbocycles. The first-order chi connectivity index (χ1) is 14.8. The topological polar surface area (TPSA) is 129 Å². The molecule has 4 rings (SSSR count). The number of primary amides is 1. The van der Waals surface area contributed by atoms with Crippen LogP contribution in [0.3, 0.4) is 0 Å². The molecule has 160 valence electrons. The number of aromatic nitrogens is 3. The quantitative estimate of drug-likeness (QED) is 0.497. The molecule has 0 radical (unpaired) electrons. The average molecular weight is 422 g/mol. The van der Waals surface area contributed by atoms with Crippen molar-refractivity contribution in [2.45, 2.75) is 12.8 Å². The minimum atomic E-state index is -0.485. The molecule has 1 aliphatic rings. The molecular formula is C21H22N6O4. The molecule has 1 fully saturated rings. The van der Waals surface area contributed by atoms with Gasteiger partial charge >= 0.3 is 0 Å². The van der Waals surface area contributed by atoms with Gasteiger partial charge in [-0.3, -0.25) is 19.7 Å². The molecule has 3 heterocycles. The lowest BCUT2D eigenvalue weighted by Gasteiger charge is -2.30. The van der Waals surface area contributed by atoms with Gasteiger partial charge in [0.1, 0.15) is 11.4 Å². The molecular weight excluding hydrogens is 400 g/mol. The molecule has 3 aromatic rings. The molecule has 2 amide bonds. The van der Waals surface area contributed by atoms with Crippen LogP contribution < -0.4 is 5.73 Å². The summed E-state index contributed by atoms with van der Waals surface area (Å²) in [7, 11) is 1.87. The Hall–Kier alpha value is -3.95. The maximum Gasteiger partial charge on any atom is 0.272 e. The summed E-state index contributed by atoms with van der Waals surface area (Å²) in [5, 5.41) is 15.8. The van der Waals surface area contributed by atoms with Crippen molar-refractivity contribution in [3.05, 3.63) is 64.5 Å². The highest BCUT2D eigenvalue weighted by Gasteiger charge is 2.29. The summed E-state index contributed by atoms with van der Waals surface area (Å²) in [5.74, 6) is -0.827. The molecule has 0 bridgehead atoms. The summed E-state index contributed by atoms with van der Waals surface area (Å²) < 4.78 is 3.32. The SMILES string of the molecule is Cn1cccc1-c1cc(C(=O)N2CCC(C(N)=O)CC2)n(-c2cccc([N+](=O)[O-])c2)n1. The number of carbonyl (C=O) groups excluding carboxylic acids is 2. The molecule has 0 unspecified atom stereocenters. The van der Waals surface area contributed by atoms with Gasteiger partial charge in [0.05, 0.1) is 16.3 Å². The summed E-state index contributed by atoms with van der Waals surface area (Å²) in [4.78, 5) is 37.2. The third-order valence-corrected chi connectivity index (χ3v) is 5.60. The second-order valence-electron chi connectivity index (χ2n) is 7.58. The average Bonchev–Trinajstić information content (AvgIpc) is 3.39. The molecule has 0 atom stereocenters. The van der Waals surface area contributed by atoms with Crippen molar-refractivity contribution in [1.29, 1.82) is 0 Å². The molecule has 0 spiro atoms. The van der Waals surface area contributed by atoms with E-state index in [1.165, 1.54) is 16.8 Å². The third-order valence-electron chi connectivity index (χ3n) is 5.60. The lowest BCUT2D eigenvalue weighted by molar-refractivity contribution is -0.384. The molecule has 0 saturated carbocycles. The number of benzene rings is 1. The Bertz CT molecular complexity index is 1160. The number of carbonyl (C=O) groups is 2. The number of nitrogens with zero attached hydrogens (tertiary/aromatic N) is 5. The van der Waals surface area contributed by atoms with Crippen molar-refractivity contribution in [3.63, 3.8) is 0 Å². The number of non-ortho nitro benzene ring substituents is 1. The van der Waals surface area contributed by atoms with Crippen LogP contribution in [-0.2, 0) is 11.8 Å². The van der Waals surface area contributed by atoms with Gasteiger partial charge in [-0.1, -0.05) is 6.07 Å². The molecule has 31 heavy (non-hydrogen) atoms. The van der Waals surface area contributed by atoms with Crippen molar-refractivity contribution in [2.24, 2.45) is 18.7 Å². The lowest BCUT2D eigenvalue weighted by atomic mass is 9.96. The van der Waals surface area contributed by atoms with Gasteiger partial charge in [0.25, 0.3) is 11.6 Å². The van der Waals surface area contributed by atoms with Gasteiger partial charge in [0, 0.05) is 44.4 Å². The van der Waals surface area contributed by atoms with Crippen molar-refractivity contribution < 1.29 is 14.5 Å². The van der Waals surface area contributed by atoms with Gasteiger partial charge in [-0.05, 0) is 37.1 Å². The highest BCUT2D eigenvalue weighted by atomic mass is 16.6. The van der Waals surface area contributed by atoms with Crippen LogP contribution in [0.25, 0.3) is 17.1 Å². The molecule has 1 saturated heterocycles. The largest absolute Gasteiger partial charge is 0.369 e. The first kappa shape index (κ1) is 20.3. The molecule has 10 heteroatoms. The van der Waals surface area contributed by atoms with Gasteiger partial charge in [0.15, 0.2) is 0 Å². The van der Waals surface area contributed by atoms with Gasteiger partial charge in [-0.2, -0.15) is 5.10 Å². The van der Waals surface area contributed by atoms with Crippen molar-refractivity contribution in [2.75, 3.05) is 13.1 Å². The number of likely N-dealkylation sites (tertiary alicyclic amines) is 1. The van der Waals surface area contributed by atoms with E-state index in [1.807, 2.05) is 29.9 Å². The van der Waals surface area contributed by atoms with Crippen LogP contribution in [0.15, 0.2) is 48.7 Å². The number of piperidine rings is 1. The summed E-state index contributed by atoms with van der Waals surface area (Å²) in [6.07, 6.45) is 2.89. The number of nitro groups is 1. The van der Waals surface area contributed by atoms with E-state index >= 15 is 0 Å². The van der Waals surface area contributed by atoms with Crippen LogP contribution in [0, 0.1) is 16.0 Å². The first-order valence-electron chi connectivity index (χ1n) is 9.90. The minimum Gasteiger partial charge on any atom is -0.369 e. The number of amides is 2. The molecule has 2 aromatic heterocycles. The second-order valence-corrected chi connectivity index (χ2v) is 7.58. The number of aryl methyl sites for hydroxylation is 1. The predicted octanol–water partition coefficient (Wildman–Crippen LogP) is 2.12. The zero-order valence-corrected chi connectivity index (χ0v) is 17.0. The first-order valence-corrected chi connectivity index (χ1v) is 9.90. The normalized spacial score (nSPS) is 14.5. The van der Waals surface area contributed by atoms with E-state index in [1.54, 1.807) is 23.1 Å². The zero-order valence-electron chi connectivity index (χ0n) is 17.0. The van der Waals surface area contributed by atoms with Crippen LogP contribution in [0.5, 0.6) is 0 Å². The van der Waals surface area contributed by atoms with Gasteiger partial charge in [-0.25, -0.2) is 4.68 Å². The molecule has 1 aliphatic heterocycles. The van der Waals surface area contributed by atoms with Crippen LogP contribution >= 0.6 is 0 Å². The van der Waals surface area contributed by atoms with Gasteiger partial charge < -0.3 is 15.2 Å². The fraction of sp³-hybridized carbons (Fsp3) is 0.286. The highest BCUT2D eigenvalue weighted by molar-refractivity contribution is 5.94. The van der Waals surface area contributed by atoms with E-state index in [9.17, 15) is 19.7 Å². The van der Waals surface area contributed by atoms with Crippen molar-refractivity contribution >= 4 is 17.5 Å². The van der Waals surface area contributed by atoms with E-state index in [0.717, 1.165) is 5.69 Å². The minimum absolute atomic E-state index is 0.0888. The van der Waals surface area contributed by atoms with E-state index in [4.69, 9.17) is 5.73 Å². The smallest absolute Gasteiger partial charge is 0.272 e. The van der Waals surface area contributed by atoms with Crippen LogP contribution in [0.4, 0.5) is 5.69 Å². The molecule has 10 nitrogen and oxygen atoms in total. The Morgan fingerprint density at radius 2 is 1.90 bits per heavy atom. The monoisotopic (exact) mass is 422 g/mol. The van der Waals surface area contributed by atoms with E-state index in [2.05, 4.69) is 5.10 Å². The Morgan fingerprint density at radius 3 is 2.52 bits per heavy atom. The summed E-state index contributed by atoms with van der Waals surface area (Å²) in [6.45, 7) is 0.818. The predicted molar refractivity (Wildman–Crippen MR) is 112 cm³/mol. The maximum absolute atomic E-state index is 13.4. The molecule has 2 N–H and O–H groups in total. The number of hydrogen-bond acceptors (Lipinski definition) is 5. The fourth-order valence-electron chi connectivity index (χ4n) is 3.85. The van der Waals surface area contributed by atoms with E-state index in [0.29, 0.717) is 43.0 Å². The van der Waals surface area contributed by atoms with Crippen LogP contribution in [0.1, 0.15) is 23.3 Å².